The van der Waals surface area contributed by atoms with Crippen LogP contribution in [0.5, 0.6) is 0 Å². The van der Waals surface area contributed by atoms with Gasteiger partial charge in [0.2, 0.25) is 11.7 Å². The number of amides is 2. The minimum atomic E-state index is -0.768. The Morgan fingerprint density at radius 2 is 2.05 bits per heavy atom. The summed E-state index contributed by atoms with van der Waals surface area (Å²) in [5.74, 6) is 0.439. The lowest BCUT2D eigenvalue weighted by Gasteiger charge is -2.30. The van der Waals surface area contributed by atoms with E-state index in [2.05, 4.69) is 25.7 Å². The number of nitrogens with one attached hydrogen (secondary N) is 1. The van der Waals surface area contributed by atoms with Crippen molar-refractivity contribution in [1.29, 1.82) is 0 Å². The molecule has 0 aliphatic rings. The normalized spacial score (nSPS) is 11.9. The molecule has 10 nitrogen and oxygen atoms in total. The Labute approximate surface area is 216 Å². The van der Waals surface area contributed by atoms with Gasteiger partial charge in [0.05, 0.1) is 35.1 Å². The van der Waals surface area contributed by atoms with E-state index in [0.717, 1.165) is 15.8 Å². The molecule has 188 valence electrons. The van der Waals surface area contributed by atoms with Crippen LogP contribution in [0.3, 0.4) is 0 Å². The predicted octanol–water partition coefficient (Wildman–Crippen LogP) is 4.06. The fourth-order valence-corrected chi connectivity index (χ4v) is 4.70. The average Bonchev–Trinajstić information content (AvgIpc) is 3.70. The topological polar surface area (TPSA) is 119 Å². The van der Waals surface area contributed by atoms with E-state index < -0.39 is 6.04 Å². The van der Waals surface area contributed by atoms with Crippen LogP contribution in [-0.2, 0) is 22.7 Å². The second kappa shape index (κ2) is 11.1. The summed E-state index contributed by atoms with van der Waals surface area (Å²) in [5.41, 5.74) is 1.32. The molecule has 1 atom stereocenters. The third-order valence-corrected chi connectivity index (χ3v) is 6.65. The Bertz CT molecular complexity index is 1480. The molecule has 0 fully saturated rings. The Kier molecular flexibility index (Phi) is 7.31. The second-order valence-corrected chi connectivity index (χ2v) is 9.32. The maximum absolute atomic E-state index is 13.8. The van der Waals surface area contributed by atoms with E-state index in [0.29, 0.717) is 30.1 Å². The van der Waals surface area contributed by atoms with Gasteiger partial charge in [0.1, 0.15) is 18.3 Å². The Morgan fingerprint density at radius 1 is 1.16 bits per heavy atom. The summed E-state index contributed by atoms with van der Waals surface area (Å²) in [6.45, 7) is 2.01. The SMILES string of the molecule is CCCC(C(=O)NCc1ccco1)N(C(=O)Cn1nnc(-c2cccs2)n1)c1cnc2ccccc2c1. The molecule has 1 unspecified atom stereocenters. The third kappa shape index (κ3) is 5.56. The molecule has 0 saturated heterocycles. The molecular weight excluding hydrogens is 490 g/mol. The number of benzene rings is 1. The van der Waals surface area contributed by atoms with E-state index in [9.17, 15) is 9.59 Å². The van der Waals surface area contributed by atoms with Crippen molar-refractivity contribution in [2.45, 2.75) is 38.9 Å². The van der Waals surface area contributed by atoms with Crippen LogP contribution < -0.4 is 10.2 Å². The number of hydrogen-bond donors (Lipinski definition) is 1. The van der Waals surface area contributed by atoms with E-state index in [1.165, 1.54) is 21.0 Å². The summed E-state index contributed by atoms with van der Waals surface area (Å²) < 4.78 is 5.35. The van der Waals surface area contributed by atoms with E-state index >= 15 is 0 Å². The number of anilines is 1. The number of rotatable bonds is 10. The molecule has 4 aromatic heterocycles. The minimum Gasteiger partial charge on any atom is -0.467 e. The van der Waals surface area contributed by atoms with Crippen LogP contribution in [0.25, 0.3) is 21.6 Å². The zero-order valence-corrected chi connectivity index (χ0v) is 21.0. The first-order chi connectivity index (χ1) is 18.1. The van der Waals surface area contributed by atoms with Crippen LogP contribution in [0.2, 0.25) is 0 Å². The van der Waals surface area contributed by atoms with Gasteiger partial charge in [-0.1, -0.05) is 37.6 Å². The number of aromatic nitrogens is 5. The number of carbonyl (C=O) groups is 2. The Balaban J connectivity index is 1.46. The van der Waals surface area contributed by atoms with Crippen molar-refractivity contribution in [1.82, 2.24) is 30.5 Å². The van der Waals surface area contributed by atoms with Crippen LogP contribution in [0.15, 0.2) is 76.9 Å². The number of pyridine rings is 1. The van der Waals surface area contributed by atoms with Gasteiger partial charge in [0.15, 0.2) is 0 Å². The van der Waals surface area contributed by atoms with Gasteiger partial charge in [-0.2, -0.15) is 4.80 Å². The number of hydrogen-bond acceptors (Lipinski definition) is 8. The van der Waals surface area contributed by atoms with Gasteiger partial charge in [-0.05, 0) is 47.3 Å². The summed E-state index contributed by atoms with van der Waals surface area (Å²) in [5, 5.41) is 18.2. The molecule has 11 heteroatoms. The third-order valence-electron chi connectivity index (χ3n) is 5.79. The molecule has 37 heavy (non-hydrogen) atoms. The van der Waals surface area contributed by atoms with Crippen molar-refractivity contribution < 1.29 is 14.0 Å². The van der Waals surface area contributed by atoms with Crippen LogP contribution >= 0.6 is 11.3 Å². The number of furan rings is 1. The number of tetrazole rings is 1. The summed E-state index contributed by atoms with van der Waals surface area (Å²) in [7, 11) is 0. The van der Waals surface area contributed by atoms with Gasteiger partial charge in [0, 0.05) is 5.39 Å². The first kappa shape index (κ1) is 24.3. The standard InChI is InChI=1S/C26H25N7O3S/c1-2-7-22(26(35)28-16-20-9-5-12-36-20)33(19-14-18-8-3-4-10-21(18)27-15-19)24(34)17-32-30-25(29-31-32)23-11-6-13-37-23/h3-6,8-15,22H,2,7,16-17H2,1H3,(H,28,35). The first-order valence-corrected chi connectivity index (χ1v) is 12.8. The predicted molar refractivity (Wildman–Crippen MR) is 140 cm³/mol. The lowest BCUT2D eigenvalue weighted by Crippen LogP contribution is -2.51. The molecule has 0 spiro atoms. The van der Waals surface area contributed by atoms with Gasteiger partial charge in [-0.25, -0.2) is 0 Å². The largest absolute Gasteiger partial charge is 0.467 e. The van der Waals surface area contributed by atoms with Crippen molar-refractivity contribution in [3.05, 3.63) is 78.2 Å². The van der Waals surface area contributed by atoms with Crippen LogP contribution in [-0.4, -0.2) is 43.0 Å². The van der Waals surface area contributed by atoms with Gasteiger partial charge >= 0.3 is 0 Å². The number of carbonyl (C=O) groups excluding carboxylic acids is 2. The minimum absolute atomic E-state index is 0.184. The molecule has 2 amide bonds. The average molecular weight is 516 g/mol. The monoisotopic (exact) mass is 515 g/mol. The van der Waals surface area contributed by atoms with E-state index in [-0.39, 0.29) is 24.9 Å². The quantitative estimate of drug-likeness (QED) is 0.298. The smallest absolute Gasteiger partial charge is 0.251 e. The summed E-state index contributed by atoms with van der Waals surface area (Å²) in [4.78, 5) is 35.3. The molecule has 5 aromatic rings. The van der Waals surface area contributed by atoms with E-state index in [1.54, 1.807) is 24.6 Å². The Hall–Kier alpha value is -4.38. The lowest BCUT2D eigenvalue weighted by molar-refractivity contribution is -0.127. The fourth-order valence-electron chi connectivity index (χ4n) is 4.06. The van der Waals surface area contributed by atoms with Gasteiger partial charge in [0.25, 0.3) is 5.91 Å². The molecule has 1 aromatic carbocycles. The zero-order valence-electron chi connectivity index (χ0n) is 20.2. The van der Waals surface area contributed by atoms with Crippen molar-refractivity contribution >= 4 is 39.7 Å². The van der Waals surface area contributed by atoms with Crippen molar-refractivity contribution in [2.75, 3.05) is 4.90 Å². The van der Waals surface area contributed by atoms with Crippen LogP contribution in [0.1, 0.15) is 25.5 Å². The molecule has 1 N–H and O–H groups in total. The van der Waals surface area contributed by atoms with Crippen molar-refractivity contribution in [2.24, 2.45) is 0 Å². The van der Waals surface area contributed by atoms with E-state index in [4.69, 9.17) is 4.42 Å². The number of para-hydroxylation sites is 1. The zero-order chi connectivity index (χ0) is 25.6. The molecule has 0 aliphatic heterocycles. The van der Waals surface area contributed by atoms with Gasteiger partial charge in [-0.15, -0.1) is 21.5 Å². The second-order valence-electron chi connectivity index (χ2n) is 8.37. The highest BCUT2D eigenvalue weighted by Crippen LogP contribution is 2.25. The van der Waals surface area contributed by atoms with Crippen molar-refractivity contribution in [3.8, 4) is 10.7 Å². The van der Waals surface area contributed by atoms with Crippen molar-refractivity contribution in [3.63, 3.8) is 0 Å². The first-order valence-electron chi connectivity index (χ1n) is 11.9. The van der Waals surface area contributed by atoms with Gasteiger partial charge < -0.3 is 9.73 Å². The fraction of sp³-hybridized carbons (Fsp3) is 0.231. The molecule has 0 bridgehead atoms. The highest BCUT2D eigenvalue weighted by Gasteiger charge is 2.31. The summed E-state index contributed by atoms with van der Waals surface area (Å²) in [6, 6.07) is 16.1. The maximum atomic E-state index is 13.8. The molecule has 0 radical (unpaired) electrons. The Morgan fingerprint density at radius 3 is 2.84 bits per heavy atom. The summed E-state index contributed by atoms with van der Waals surface area (Å²) in [6.07, 6.45) is 4.31. The molecule has 5 rings (SSSR count). The van der Waals surface area contributed by atoms with Gasteiger partial charge in [-0.3, -0.25) is 19.5 Å². The number of nitrogens with zero attached hydrogens (tertiary/aromatic N) is 6. The van der Waals surface area contributed by atoms with E-state index in [1.807, 2.05) is 54.8 Å². The molecule has 0 saturated carbocycles. The molecule has 4 heterocycles. The maximum Gasteiger partial charge on any atom is 0.251 e. The molecule has 0 aliphatic carbocycles. The highest BCUT2D eigenvalue weighted by atomic mass is 32.1. The number of fused-ring (bicyclic) bond motifs is 1. The summed E-state index contributed by atoms with van der Waals surface area (Å²) >= 11 is 1.49. The lowest BCUT2D eigenvalue weighted by atomic mass is 10.1. The van der Waals surface area contributed by atoms with Crippen LogP contribution in [0.4, 0.5) is 5.69 Å². The molecular formula is C26H25N7O3S. The van der Waals surface area contributed by atoms with Crippen LogP contribution in [0, 0.1) is 0 Å². The highest BCUT2D eigenvalue weighted by molar-refractivity contribution is 7.13. The number of thiophene rings is 1.